The van der Waals surface area contributed by atoms with Gasteiger partial charge in [-0.15, -0.1) is 0 Å². The van der Waals surface area contributed by atoms with Gasteiger partial charge in [0.25, 0.3) is 0 Å². The van der Waals surface area contributed by atoms with Gasteiger partial charge in [-0.2, -0.15) is 0 Å². The molecule has 0 radical (unpaired) electrons. The molecule has 118 valence electrons. The van der Waals surface area contributed by atoms with Crippen molar-refractivity contribution in [2.45, 2.75) is 51.7 Å². The topological polar surface area (TPSA) is 41.5 Å². The van der Waals surface area contributed by atoms with Crippen LogP contribution in [0.4, 0.5) is 0 Å². The van der Waals surface area contributed by atoms with Crippen LogP contribution in [-0.2, 0) is 6.54 Å². The number of ether oxygens (including phenoxy) is 1. The third kappa shape index (κ3) is 4.70. The standard InChI is InChI=1S/C17H26BrNO2/c1-16(2)6-8-17(20,9-7-16)12-19-11-13-10-14(18)4-5-15(13)21-3/h4-5,10,19-20H,6-9,11-12H2,1-3H3. The Kier molecular flexibility index (Phi) is 5.33. The average Bonchev–Trinajstić information content (AvgIpc) is 2.43. The number of aliphatic hydroxyl groups is 1. The van der Waals surface area contributed by atoms with E-state index in [1.807, 2.05) is 12.1 Å². The Morgan fingerprint density at radius 2 is 1.90 bits per heavy atom. The van der Waals surface area contributed by atoms with Gasteiger partial charge in [0, 0.05) is 23.1 Å². The number of methoxy groups -OCH3 is 1. The van der Waals surface area contributed by atoms with Crippen LogP contribution in [-0.4, -0.2) is 24.4 Å². The second kappa shape index (κ2) is 6.67. The molecule has 1 saturated carbocycles. The second-order valence-corrected chi connectivity index (χ2v) is 7.86. The van der Waals surface area contributed by atoms with Crippen LogP contribution < -0.4 is 10.1 Å². The van der Waals surface area contributed by atoms with E-state index < -0.39 is 5.60 Å². The number of hydrogen-bond acceptors (Lipinski definition) is 3. The molecule has 0 heterocycles. The highest BCUT2D eigenvalue weighted by Gasteiger charge is 2.36. The fourth-order valence-corrected chi connectivity index (χ4v) is 3.29. The Morgan fingerprint density at radius 1 is 1.24 bits per heavy atom. The minimum Gasteiger partial charge on any atom is -0.496 e. The third-order valence-corrected chi connectivity index (χ3v) is 5.04. The Morgan fingerprint density at radius 3 is 2.52 bits per heavy atom. The molecule has 1 aromatic rings. The quantitative estimate of drug-likeness (QED) is 0.841. The van der Waals surface area contributed by atoms with Crippen molar-refractivity contribution in [1.29, 1.82) is 0 Å². The lowest BCUT2D eigenvalue weighted by Gasteiger charge is -2.40. The van der Waals surface area contributed by atoms with Crippen molar-refractivity contribution in [1.82, 2.24) is 5.32 Å². The predicted molar refractivity (Wildman–Crippen MR) is 89.6 cm³/mol. The van der Waals surface area contributed by atoms with Crippen LogP contribution in [0.25, 0.3) is 0 Å². The fourth-order valence-electron chi connectivity index (χ4n) is 2.88. The highest BCUT2D eigenvalue weighted by Crippen LogP contribution is 2.39. The number of benzene rings is 1. The van der Waals surface area contributed by atoms with Gasteiger partial charge in [-0.05, 0) is 49.3 Å². The zero-order valence-electron chi connectivity index (χ0n) is 13.2. The Bertz CT molecular complexity index is 478. The summed E-state index contributed by atoms with van der Waals surface area (Å²) in [6.07, 6.45) is 3.93. The van der Waals surface area contributed by atoms with Gasteiger partial charge in [-0.25, -0.2) is 0 Å². The number of halogens is 1. The lowest BCUT2D eigenvalue weighted by Crippen LogP contribution is -2.44. The van der Waals surface area contributed by atoms with Crippen molar-refractivity contribution in [2.24, 2.45) is 5.41 Å². The van der Waals surface area contributed by atoms with Gasteiger partial charge in [0.15, 0.2) is 0 Å². The summed E-state index contributed by atoms with van der Waals surface area (Å²) in [5.41, 5.74) is 0.917. The minimum atomic E-state index is -0.561. The lowest BCUT2D eigenvalue weighted by atomic mass is 9.71. The Hall–Kier alpha value is -0.580. The molecule has 1 fully saturated rings. The molecule has 1 aliphatic rings. The Balaban J connectivity index is 1.88. The van der Waals surface area contributed by atoms with Crippen LogP contribution in [0.5, 0.6) is 5.75 Å². The summed E-state index contributed by atoms with van der Waals surface area (Å²) in [6.45, 7) is 5.91. The summed E-state index contributed by atoms with van der Waals surface area (Å²) >= 11 is 3.48. The molecule has 0 spiro atoms. The smallest absolute Gasteiger partial charge is 0.123 e. The number of rotatable bonds is 5. The molecule has 2 rings (SSSR count). The van der Waals surface area contributed by atoms with Gasteiger partial charge in [0.2, 0.25) is 0 Å². The zero-order chi connectivity index (χ0) is 15.5. The summed E-state index contributed by atoms with van der Waals surface area (Å²) in [6, 6.07) is 5.98. The first-order chi connectivity index (χ1) is 9.84. The normalized spacial score (nSPS) is 20.2. The molecule has 0 unspecified atom stereocenters. The summed E-state index contributed by atoms with van der Waals surface area (Å²) in [5.74, 6) is 0.877. The van der Waals surface area contributed by atoms with Crippen LogP contribution in [0, 0.1) is 5.41 Å². The van der Waals surface area contributed by atoms with E-state index in [0.29, 0.717) is 18.5 Å². The molecular formula is C17H26BrNO2. The van der Waals surface area contributed by atoms with Gasteiger partial charge < -0.3 is 15.2 Å². The van der Waals surface area contributed by atoms with Gasteiger partial charge in [0.05, 0.1) is 12.7 Å². The van der Waals surface area contributed by atoms with Gasteiger partial charge in [-0.1, -0.05) is 29.8 Å². The summed E-state index contributed by atoms with van der Waals surface area (Å²) < 4.78 is 6.41. The molecule has 1 aliphatic carbocycles. The first-order valence-corrected chi connectivity index (χ1v) is 8.38. The SMILES string of the molecule is COc1ccc(Br)cc1CNCC1(O)CCC(C)(C)CC1. The third-order valence-electron chi connectivity index (χ3n) is 4.55. The maximum Gasteiger partial charge on any atom is 0.123 e. The number of nitrogens with one attached hydrogen (secondary N) is 1. The van der Waals surface area contributed by atoms with Crippen molar-refractivity contribution in [3.8, 4) is 5.75 Å². The van der Waals surface area contributed by atoms with Crippen LogP contribution in [0.2, 0.25) is 0 Å². The van der Waals surface area contributed by atoms with Crippen molar-refractivity contribution in [3.63, 3.8) is 0 Å². The molecular weight excluding hydrogens is 330 g/mol. The molecule has 0 aromatic heterocycles. The van der Waals surface area contributed by atoms with E-state index >= 15 is 0 Å². The summed E-state index contributed by atoms with van der Waals surface area (Å²) in [5, 5.41) is 14.0. The largest absolute Gasteiger partial charge is 0.496 e. The van der Waals surface area contributed by atoms with E-state index in [9.17, 15) is 5.11 Å². The van der Waals surface area contributed by atoms with Crippen LogP contribution >= 0.6 is 15.9 Å². The highest BCUT2D eigenvalue weighted by molar-refractivity contribution is 9.10. The fraction of sp³-hybridized carbons (Fsp3) is 0.647. The first-order valence-electron chi connectivity index (χ1n) is 7.59. The van der Waals surface area contributed by atoms with E-state index in [2.05, 4.69) is 41.2 Å². The minimum absolute atomic E-state index is 0.375. The molecule has 21 heavy (non-hydrogen) atoms. The maximum absolute atomic E-state index is 10.7. The van der Waals surface area contributed by atoms with E-state index in [-0.39, 0.29) is 0 Å². The van der Waals surface area contributed by atoms with Crippen molar-refractivity contribution < 1.29 is 9.84 Å². The van der Waals surface area contributed by atoms with Crippen LogP contribution in [0.15, 0.2) is 22.7 Å². The van der Waals surface area contributed by atoms with E-state index in [1.54, 1.807) is 7.11 Å². The molecule has 4 heteroatoms. The molecule has 0 atom stereocenters. The number of hydrogen-bond donors (Lipinski definition) is 2. The first kappa shape index (κ1) is 16.8. The van der Waals surface area contributed by atoms with Crippen LogP contribution in [0.1, 0.15) is 45.1 Å². The van der Waals surface area contributed by atoms with E-state index in [1.165, 1.54) is 0 Å². The lowest BCUT2D eigenvalue weighted by molar-refractivity contribution is -0.0245. The van der Waals surface area contributed by atoms with Crippen molar-refractivity contribution in [3.05, 3.63) is 28.2 Å². The molecule has 0 saturated heterocycles. The molecule has 2 N–H and O–H groups in total. The predicted octanol–water partition coefficient (Wildman–Crippen LogP) is 3.88. The molecule has 0 amide bonds. The zero-order valence-corrected chi connectivity index (χ0v) is 14.8. The summed E-state index contributed by atoms with van der Waals surface area (Å²) in [7, 11) is 1.68. The maximum atomic E-state index is 10.7. The molecule has 0 aliphatic heterocycles. The molecule has 0 bridgehead atoms. The second-order valence-electron chi connectivity index (χ2n) is 6.95. The average molecular weight is 356 g/mol. The van der Waals surface area contributed by atoms with Gasteiger partial charge in [0.1, 0.15) is 5.75 Å². The van der Waals surface area contributed by atoms with E-state index in [0.717, 1.165) is 41.5 Å². The van der Waals surface area contributed by atoms with E-state index in [4.69, 9.17) is 4.74 Å². The molecule has 1 aromatic carbocycles. The summed E-state index contributed by atoms with van der Waals surface area (Å²) in [4.78, 5) is 0. The van der Waals surface area contributed by atoms with Crippen molar-refractivity contribution in [2.75, 3.05) is 13.7 Å². The van der Waals surface area contributed by atoms with Crippen LogP contribution in [0.3, 0.4) is 0 Å². The monoisotopic (exact) mass is 355 g/mol. The van der Waals surface area contributed by atoms with Crippen molar-refractivity contribution >= 4 is 15.9 Å². The van der Waals surface area contributed by atoms with Gasteiger partial charge in [-0.3, -0.25) is 0 Å². The highest BCUT2D eigenvalue weighted by atomic mass is 79.9. The van der Waals surface area contributed by atoms with Gasteiger partial charge >= 0.3 is 0 Å². The molecule has 3 nitrogen and oxygen atoms in total. The Labute approximate surface area is 136 Å².